The average Bonchev–Trinajstić information content (AvgIpc) is 2.15. The maximum atomic E-state index is 10.5. The first-order valence-electron chi connectivity index (χ1n) is 4.50. The molecule has 0 saturated heterocycles. The summed E-state index contributed by atoms with van der Waals surface area (Å²) in [5.41, 5.74) is 0.710. The summed E-state index contributed by atoms with van der Waals surface area (Å²) < 4.78 is 1.53. The van der Waals surface area contributed by atoms with Crippen LogP contribution in [0.3, 0.4) is 0 Å². The number of hydrogen-bond acceptors (Lipinski definition) is 2. The Hall–Kier alpha value is -1.91. The first-order valence-corrected chi connectivity index (χ1v) is 4.50. The molecule has 1 heterocycles. The molecule has 0 aromatic carbocycles. The standard InChI is InChI=1S/C10H11NO4/c12-9(13)5-4-8-3-1-2-6-11(8)7-10(14)15/h1-3,6H,4-5,7H2,(H-,12,13,14,15)/p+1. The third kappa shape index (κ3) is 3.76. The molecular formula is C10H12NO4+. The molecule has 0 aliphatic carbocycles. The second kappa shape index (κ2) is 5.09. The van der Waals surface area contributed by atoms with Crippen molar-refractivity contribution in [2.45, 2.75) is 19.4 Å². The van der Waals surface area contributed by atoms with Gasteiger partial charge in [-0.1, -0.05) is 6.07 Å². The lowest BCUT2D eigenvalue weighted by atomic mass is 10.2. The molecule has 0 unspecified atom stereocenters. The summed E-state index contributed by atoms with van der Waals surface area (Å²) in [5, 5.41) is 17.2. The zero-order chi connectivity index (χ0) is 11.3. The van der Waals surface area contributed by atoms with Crippen molar-refractivity contribution in [1.82, 2.24) is 0 Å². The predicted octanol–water partition coefficient (Wildman–Crippen LogP) is 0.0759. The van der Waals surface area contributed by atoms with Crippen LogP contribution in [0, 0.1) is 0 Å². The molecule has 0 saturated carbocycles. The van der Waals surface area contributed by atoms with E-state index in [1.807, 2.05) is 0 Å². The molecule has 1 aromatic rings. The molecule has 0 amide bonds. The smallest absolute Gasteiger partial charge is 0.370 e. The van der Waals surface area contributed by atoms with Gasteiger partial charge in [0.15, 0.2) is 11.9 Å². The Balaban J connectivity index is 2.76. The molecule has 80 valence electrons. The van der Waals surface area contributed by atoms with Crippen LogP contribution in [0.15, 0.2) is 24.4 Å². The summed E-state index contributed by atoms with van der Waals surface area (Å²) in [7, 11) is 0. The third-order valence-corrected chi connectivity index (χ3v) is 1.94. The number of aliphatic carboxylic acids is 2. The van der Waals surface area contributed by atoms with Crippen LogP contribution < -0.4 is 4.57 Å². The van der Waals surface area contributed by atoms with Gasteiger partial charge in [-0.15, -0.1) is 0 Å². The van der Waals surface area contributed by atoms with E-state index < -0.39 is 11.9 Å². The fourth-order valence-electron chi connectivity index (χ4n) is 1.27. The number of aromatic nitrogens is 1. The largest absolute Gasteiger partial charge is 0.481 e. The lowest BCUT2D eigenvalue weighted by Gasteiger charge is -1.99. The van der Waals surface area contributed by atoms with Crippen LogP contribution in [0.2, 0.25) is 0 Å². The lowest BCUT2D eigenvalue weighted by Crippen LogP contribution is -2.41. The summed E-state index contributed by atoms with van der Waals surface area (Å²) in [6.07, 6.45) is 1.97. The quantitative estimate of drug-likeness (QED) is 0.674. The van der Waals surface area contributed by atoms with Gasteiger partial charge in [-0.2, -0.15) is 4.57 Å². The molecule has 0 fully saturated rings. The number of carbonyl (C=O) groups is 2. The monoisotopic (exact) mass is 210 g/mol. The van der Waals surface area contributed by atoms with Gasteiger partial charge < -0.3 is 10.2 Å². The molecule has 5 heteroatoms. The summed E-state index contributed by atoms with van der Waals surface area (Å²) in [4.78, 5) is 20.9. The molecular weight excluding hydrogens is 198 g/mol. The van der Waals surface area contributed by atoms with Gasteiger partial charge in [-0.3, -0.25) is 4.79 Å². The topological polar surface area (TPSA) is 78.5 Å². The minimum atomic E-state index is -0.942. The van der Waals surface area contributed by atoms with Gasteiger partial charge in [0.05, 0.1) is 6.42 Å². The molecule has 0 spiro atoms. The molecule has 0 atom stereocenters. The maximum absolute atomic E-state index is 10.5. The molecule has 1 aromatic heterocycles. The van der Waals surface area contributed by atoms with Gasteiger partial charge in [-0.05, 0) is 0 Å². The number of carboxylic acid groups (broad SMARTS) is 2. The van der Waals surface area contributed by atoms with Crippen LogP contribution in [-0.2, 0) is 22.6 Å². The summed E-state index contributed by atoms with van der Waals surface area (Å²) in [5.74, 6) is -1.83. The second-order valence-corrected chi connectivity index (χ2v) is 3.11. The van der Waals surface area contributed by atoms with E-state index in [2.05, 4.69) is 0 Å². The van der Waals surface area contributed by atoms with Crippen LogP contribution >= 0.6 is 0 Å². The van der Waals surface area contributed by atoms with E-state index in [0.29, 0.717) is 12.1 Å². The Labute approximate surface area is 86.6 Å². The molecule has 0 aliphatic heterocycles. The fourth-order valence-corrected chi connectivity index (χ4v) is 1.27. The van der Waals surface area contributed by atoms with Gasteiger partial charge in [0.2, 0.25) is 6.54 Å². The van der Waals surface area contributed by atoms with Crippen molar-refractivity contribution in [2.24, 2.45) is 0 Å². The normalized spacial score (nSPS) is 9.87. The van der Waals surface area contributed by atoms with Crippen molar-refractivity contribution < 1.29 is 24.4 Å². The highest BCUT2D eigenvalue weighted by Gasteiger charge is 2.14. The highest BCUT2D eigenvalue weighted by atomic mass is 16.4. The Morgan fingerprint density at radius 3 is 2.53 bits per heavy atom. The molecule has 0 bridgehead atoms. The highest BCUT2D eigenvalue weighted by molar-refractivity contribution is 5.67. The Kier molecular flexibility index (Phi) is 3.79. The first kappa shape index (κ1) is 11.2. The maximum Gasteiger partial charge on any atom is 0.370 e. The van der Waals surface area contributed by atoms with Crippen molar-refractivity contribution in [3.8, 4) is 0 Å². The van der Waals surface area contributed by atoms with E-state index in [1.165, 1.54) is 4.57 Å². The number of carboxylic acids is 2. The van der Waals surface area contributed by atoms with E-state index in [-0.39, 0.29) is 13.0 Å². The van der Waals surface area contributed by atoms with Gasteiger partial charge in [0, 0.05) is 18.6 Å². The zero-order valence-corrected chi connectivity index (χ0v) is 8.09. The van der Waals surface area contributed by atoms with Crippen LogP contribution in [0.25, 0.3) is 0 Å². The van der Waals surface area contributed by atoms with E-state index in [1.54, 1.807) is 24.4 Å². The van der Waals surface area contributed by atoms with Crippen LogP contribution in [0.4, 0.5) is 0 Å². The number of nitrogens with zero attached hydrogens (tertiary/aromatic N) is 1. The lowest BCUT2D eigenvalue weighted by molar-refractivity contribution is -0.693. The Morgan fingerprint density at radius 2 is 1.93 bits per heavy atom. The molecule has 1 rings (SSSR count). The van der Waals surface area contributed by atoms with Crippen molar-refractivity contribution in [2.75, 3.05) is 0 Å². The number of pyridine rings is 1. The van der Waals surface area contributed by atoms with Gasteiger partial charge in [0.25, 0.3) is 0 Å². The summed E-state index contributed by atoms with van der Waals surface area (Å²) in [6.45, 7) is -0.143. The molecule has 5 nitrogen and oxygen atoms in total. The number of aryl methyl sites for hydroxylation is 1. The van der Waals surface area contributed by atoms with Crippen LogP contribution in [0.1, 0.15) is 12.1 Å². The van der Waals surface area contributed by atoms with E-state index in [9.17, 15) is 9.59 Å². The average molecular weight is 210 g/mol. The van der Waals surface area contributed by atoms with Gasteiger partial charge in [0.1, 0.15) is 0 Å². The molecule has 15 heavy (non-hydrogen) atoms. The van der Waals surface area contributed by atoms with Crippen LogP contribution in [-0.4, -0.2) is 22.2 Å². The highest BCUT2D eigenvalue weighted by Crippen LogP contribution is 1.97. The SMILES string of the molecule is O=C(O)CCc1cccc[n+]1CC(=O)O. The van der Waals surface area contributed by atoms with E-state index in [0.717, 1.165) is 0 Å². The van der Waals surface area contributed by atoms with Crippen LogP contribution in [0.5, 0.6) is 0 Å². The Bertz CT molecular complexity index is 375. The van der Waals surface area contributed by atoms with E-state index >= 15 is 0 Å². The van der Waals surface area contributed by atoms with Crippen molar-refractivity contribution in [1.29, 1.82) is 0 Å². The number of hydrogen-bond donors (Lipinski definition) is 2. The summed E-state index contributed by atoms with van der Waals surface area (Å²) >= 11 is 0. The van der Waals surface area contributed by atoms with Crippen molar-refractivity contribution >= 4 is 11.9 Å². The minimum absolute atomic E-state index is 0.00360. The number of rotatable bonds is 5. The van der Waals surface area contributed by atoms with Gasteiger partial charge in [-0.25, -0.2) is 4.79 Å². The molecule has 0 aliphatic rings. The second-order valence-electron chi connectivity index (χ2n) is 3.11. The Morgan fingerprint density at radius 1 is 1.20 bits per heavy atom. The van der Waals surface area contributed by atoms with E-state index in [4.69, 9.17) is 10.2 Å². The fraction of sp³-hybridized carbons (Fsp3) is 0.300. The van der Waals surface area contributed by atoms with Crippen molar-refractivity contribution in [3.63, 3.8) is 0 Å². The zero-order valence-electron chi connectivity index (χ0n) is 8.09. The first-order chi connectivity index (χ1) is 7.09. The van der Waals surface area contributed by atoms with Gasteiger partial charge >= 0.3 is 11.9 Å². The third-order valence-electron chi connectivity index (χ3n) is 1.94. The van der Waals surface area contributed by atoms with Crippen molar-refractivity contribution in [3.05, 3.63) is 30.1 Å². The molecule has 0 radical (unpaired) electrons. The minimum Gasteiger partial charge on any atom is -0.481 e. The molecule has 2 N–H and O–H groups in total. The summed E-state index contributed by atoms with van der Waals surface area (Å²) in [6, 6.07) is 5.20. The predicted molar refractivity (Wildman–Crippen MR) is 50.2 cm³/mol.